The van der Waals surface area contributed by atoms with Crippen LogP contribution in [0, 0.1) is 11.6 Å². The van der Waals surface area contributed by atoms with Crippen molar-refractivity contribution in [3.63, 3.8) is 0 Å². The first-order valence-electron chi connectivity index (χ1n) is 8.16. The van der Waals surface area contributed by atoms with E-state index in [9.17, 15) is 18.4 Å². The van der Waals surface area contributed by atoms with E-state index < -0.39 is 23.2 Å². The van der Waals surface area contributed by atoms with Crippen molar-refractivity contribution in [3.8, 4) is 0 Å². The van der Waals surface area contributed by atoms with Crippen molar-refractivity contribution in [2.24, 2.45) is 0 Å². The molecule has 1 N–H and O–H groups in total. The summed E-state index contributed by atoms with van der Waals surface area (Å²) in [6, 6.07) is 1.89. The second-order valence-corrected chi connectivity index (χ2v) is 6.85. The lowest BCUT2D eigenvalue weighted by molar-refractivity contribution is -0.130. The maximum Gasteiger partial charge on any atom is 0.325 e. The molecule has 2 aliphatic rings. The SMILES string of the molecule is CC1(C)NC(=O)N(CCCN2CCCc3cc(F)cc(F)c32)C1=O. The van der Waals surface area contributed by atoms with Gasteiger partial charge in [-0.1, -0.05) is 0 Å². The van der Waals surface area contributed by atoms with Crippen molar-refractivity contribution in [2.45, 2.75) is 38.6 Å². The smallest absolute Gasteiger partial charge is 0.325 e. The highest BCUT2D eigenvalue weighted by Crippen LogP contribution is 2.31. The zero-order chi connectivity index (χ0) is 17.5. The number of carbonyl (C=O) groups excluding carboxylic acids is 2. The van der Waals surface area contributed by atoms with Crippen LogP contribution in [0.15, 0.2) is 12.1 Å². The van der Waals surface area contributed by atoms with Gasteiger partial charge in [-0.05, 0) is 44.7 Å². The minimum Gasteiger partial charge on any atom is -0.369 e. The fourth-order valence-electron chi connectivity index (χ4n) is 3.40. The minimum atomic E-state index is -0.877. The summed E-state index contributed by atoms with van der Waals surface area (Å²) in [5.41, 5.74) is 0.244. The second kappa shape index (κ2) is 6.03. The Morgan fingerprint density at radius 3 is 2.62 bits per heavy atom. The molecule has 24 heavy (non-hydrogen) atoms. The van der Waals surface area contributed by atoms with Gasteiger partial charge < -0.3 is 10.2 Å². The maximum atomic E-state index is 14.1. The van der Waals surface area contributed by atoms with E-state index in [0.717, 1.165) is 12.5 Å². The van der Waals surface area contributed by atoms with E-state index in [1.54, 1.807) is 13.8 Å². The molecule has 2 heterocycles. The number of anilines is 1. The lowest BCUT2D eigenvalue weighted by Gasteiger charge is -2.32. The lowest BCUT2D eigenvalue weighted by atomic mass is 10.0. The molecule has 5 nitrogen and oxygen atoms in total. The Balaban J connectivity index is 1.65. The number of hydrogen-bond donors (Lipinski definition) is 1. The number of fused-ring (bicyclic) bond motifs is 1. The molecule has 7 heteroatoms. The van der Waals surface area contributed by atoms with E-state index in [1.165, 1.54) is 11.0 Å². The number of urea groups is 1. The average Bonchev–Trinajstić information content (AvgIpc) is 2.68. The molecule has 0 aliphatic carbocycles. The van der Waals surface area contributed by atoms with Crippen LogP contribution in [0.2, 0.25) is 0 Å². The standard InChI is InChI=1S/C17H21F2N3O2/c1-17(2)15(23)22(16(24)20-17)8-4-7-21-6-3-5-11-9-12(18)10-13(19)14(11)21/h9-10H,3-8H2,1-2H3,(H,20,24). The fourth-order valence-corrected chi connectivity index (χ4v) is 3.40. The zero-order valence-electron chi connectivity index (χ0n) is 13.9. The summed E-state index contributed by atoms with van der Waals surface area (Å²) in [7, 11) is 0. The van der Waals surface area contributed by atoms with Crippen LogP contribution in [0.3, 0.4) is 0 Å². The lowest BCUT2D eigenvalue weighted by Crippen LogP contribution is -2.40. The highest BCUT2D eigenvalue weighted by atomic mass is 19.1. The van der Waals surface area contributed by atoms with Gasteiger partial charge in [0.15, 0.2) is 0 Å². The number of imide groups is 1. The van der Waals surface area contributed by atoms with Gasteiger partial charge in [-0.2, -0.15) is 0 Å². The van der Waals surface area contributed by atoms with Crippen LogP contribution >= 0.6 is 0 Å². The quantitative estimate of drug-likeness (QED) is 0.859. The third-order valence-electron chi connectivity index (χ3n) is 4.55. The summed E-state index contributed by atoms with van der Waals surface area (Å²) in [5.74, 6) is -1.37. The van der Waals surface area contributed by atoms with Crippen LogP contribution in [-0.4, -0.2) is 42.0 Å². The van der Waals surface area contributed by atoms with E-state index in [4.69, 9.17) is 0 Å². The first-order valence-corrected chi connectivity index (χ1v) is 8.16. The molecular weight excluding hydrogens is 316 g/mol. The molecule has 0 saturated carbocycles. The van der Waals surface area contributed by atoms with Crippen molar-refractivity contribution < 1.29 is 18.4 Å². The zero-order valence-corrected chi connectivity index (χ0v) is 13.9. The van der Waals surface area contributed by atoms with Gasteiger partial charge in [-0.3, -0.25) is 9.69 Å². The number of halogens is 2. The molecule has 1 saturated heterocycles. The third-order valence-corrected chi connectivity index (χ3v) is 4.55. The Hall–Kier alpha value is -2.18. The van der Waals surface area contributed by atoms with Gasteiger partial charge in [0.2, 0.25) is 0 Å². The van der Waals surface area contributed by atoms with Gasteiger partial charge in [0.25, 0.3) is 5.91 Å². The third kappa shape index (κ3) is 2.95. The topological polar surface area (TPSA) is 52.7 Å². The predicted molar refractivity (Wildman–Crippen MR) is 85.8 cm³/mol. The molecule has 130 valence electrons. The summed E-state index contributed by atoms with van der Waals surface area (Å²) < 4.78 is 27.5. The Morgan fingerprint density at radius 1 is 1.21 bits per heavy atom. The van der Waals surface area contributed by atoms with Crippen molar-refractivity contribution in [2.75, 3.05) is 24.5 Å². The van der Waals surface area contributed by atoms with E-state index in [0.29, 0.717) is 37.2 Å². The number of nitrogens with one attached hydrogen (secondary N) is 1. The molecule has 3 rings (SSSR count). The van der Waals surface area contributed by atoms with Crippen LogP contribution in [0.5, 0.6) is 0 Å². The number of benzene rings is 1. The molecule has 1 fully saturated rings. The van der Waals surface area contributed by atoms with Crippen molar-refractivity contribution in [3.05, 3.63) is 29.3 Å². The van der Waals surface area contributed by atoms with Crippen LogP contribution in [0.1, 0.15) is 32.3 Å². The van der Waals surface area contributed by atoms with Gasteiger partial charge >= 0.3 is 6.03 Å². The first-order chi connectivity index (χ1) is 11.3. The molecular formula is C17H21F2N3O2. The molecule has 0 aromatic heterocycles. The van der Waals surface area contributed by atoms with E-state index in [-0.39, 0.29) is 12.5 Å². The number of hydrogen-bond acceptors (Lipinski definition) is 3. The normalized spacial score (nSPS) is 19.5. The van der Waals surface area contributed by atoms with Crippen molar-refractivity contribution in [1.82, 2.24) is 10.2 Å². The Kier molecular flexibility index (Phi) is 4.19. The maximum absolute atomic E-state index is 14.1. The summed E-state index contributed by atoms with van der Waals surface area (Å²) in [6.07, 6.45) is 2.01. The molecule has 3 amide bonds. The fraction of sp³-hybridized carbons (Fsp3) is 0.529. The predicted octanol–water partition coefficient (Wildman–Crippen LogP) is 2.44. The molecule has 0 spiro atoms. The summed E-state index contributed by atoms with van der Waals surface area (Å²) in [6.45, 7) is 4.80. The Labute approximate surface area is 139 Å². The van der Waals surface area contributed by atoms with E-state index >= 15 is 0 Å². The minimum absolute atomic E-state index is 0.250. The van der Waals surface area contributed by atoms with Crippen LogP contribution in [0.25, 0.3) is 0 Å². The molecule has 1 aromatic rings. The second-order valence-electron chi connectivity index (χ2n) is 6.85. The molecule has 0 unspecified atom stereocenters. The molecule has 2 aliphatic heterocycles. The molecule has 1 aromatic carbocycles. The number of carbonyl (C=O) groups is 2. The van der Waals surface area contributed by atoms with Gasteiger partial charge in [-0.25, -0.2) is 13.6 Å². The molecule has 0 bridgehead atoms. The highest BCUT2D eigenvalue weighted by Gasteiger charge is 2.43. The Bertz CT molecular complexity index is 691. The largest absolute Gasteiger partial charge is 0.369 e. The van der Waals surface area contributed by atoms with Crippen molar-refractivity contribution >= 4 is 17.6 Å². The number of nitrogens with zero attached hydrogens (tertiary/aromatic N) is 2. The number of amides is 3. The molecule has 0 atom stereocenters. The van der Waals surface area contributed by atoms with Gasteiger partial charge in [-0.15, -0.1) is 0 Å². The van der Waals surface area contributed by atoms with Gasteiger partial charge in [0, 0.05) is 25.7 Å². The van der Waals surface area contributed by atoms with E-state index in [1.807, 2.05) is 4.90 Å². The van der Waals surface area contributed by atoms with Crippen molar-refractivity contribution in [1.29, 1.82) is 0 Å². The van der Waals surface area contributed by atoms with Crippen LogP contribution < -0.4 is 10.2 Å². The summed E-state index contributed by atoms with van der Waals surface area (Å²) in [4.78, 5) is 27.1. The van der Waals surface area contributed by atoms with Crippen LogP contribution in [0.4, 0.5) is 19.3 Å². The molecule has 0 radical (unpaired) electrons. The Morgan fingerprint density at radius 2 is 1.96 bits per heavy atom. The number of rotatable bonds is 4. The monoisotopic (exact) mass is 337 g/mol. The summed E-state index contributed by atoms with van der Waals surface area (Å²) >= 11 is 0. The van der Waals surface area contributed by atoms with Crippen LogP contribution in [-0.2, 0) is 11.2 Å². The highest BCUT2D eigenvalue weighted by molar-refractivity contribution is 6.06. The number of aryl methyl sites for hydroxylation is 1. The first kappa shape index (κ1) is 16.7. The summed E-state index contributed by atoms with van der Waals surface area (Å²) in [5, 5.41) is 2.63. The van der Waals surface area contributed by atoms with E-state index in [2.05, 4.69) is 5.32 Å². The van der Waals surface area contributed by atoms with Gasteiger partial charge in [0.05, 0.1) is 5.69 Å². The van der Waals surface area contributed by atoms with Gasteiger partial charge in [0.1, 0.15) is 17.2 Å². The average molecular weight is 337 g/mol.